The molecule has 0 saturated carbocycles. The second-order valence-corrected chi connectivity index (χ2v) is 1.15. The molecule has 0 bridgehead atoms. The SMILES string of the molecule is [Ba].c1ccccc1. The van der Waals surface area contributed by atoms with E-state index in [1.807, 2.05) is 36.4 Å². The summed E-state index contributed by atoms with van der Waals surface area (Å²) in [5.41, 5.74) is 0. The van der Waals surface area contributed by atoms with Gasteiger partial charge in [-0.15, -0.1) is 0 Å². The summed E-state index contributed by atoms with van der Waals surface area (Å²) in [6.07, 6.45) is 0. The van der Waals surface area contributed by atoms with Gasteiger partial charge in [0, 0.05) is 48.9 Å². The Balaban J connectivity index is 0.000000360. The quantitative estimate of drug-likeness (QED) is 0.573. The molecule has 0 unspecified atom stereocenters. The molecule has 1 rings (SSSR count). The first-order valence-electron chi connectivity index (χ1n) is 2.00. The molecule has 7 heavy (non-hydrogen) atoms. The normalized spacial score (nSPS) is 6.86. The van der Waals surface area contributed by atoms with Crippen molar-refractivity contribution in [2.75, 3.05) is 0 Å². The van der Waals surface area contributed by atoms with Crippen LogP contribution in [0.25, 0.3) is 0 Å². The van der Waals surface area contributed by atoms with E-state index in [0.717, 1.165) is 0 Å². The predicted molar refractivity (Wildman–Crippen MR) is 32.2 cm³/mol. The van der Waals surface area contributed by atoms with Crippen molar-refractivity contribution in [2.45, 2.75) is 0 Å². The van der Waals surface area contributed by atoms with E-state index in [1.165, 1.54) is 0 Å². The second-order valence-electron chi connectivity index (χ2n) is 1.15. The van der Waals surface area contributed by atoms with Crippen LogP contribution in [-0.2, 0) is 0 Å². The van der Waals surface area contributed by atoms with Gasteiger partial charge in [-0.2, -0.15) is 0 Å². The standard InChI is InChI=1S/C6H6.Ba/c1-2-4-6-5-3-1;/h1-6H;. The zero-order chi connectivity index (χ0) is 4.24. The number of benzene rings is 1. The molecule has 0 atom stereocenters. The Morgan fingerprint density at radius 2 is 0.571 bits per heavy atom. The van der Waals surface area contributed by atoms with Crippen LogP contribution in [0.1, 0.15) is 0 Å². The van der Waals surface area contributed by atoms with Gasteiger partial charge in [0.2, 0.25) is 0 Å². The molecular formula is C6H6Ba. The molecule has 1 heteroatoms. The van der Waals surface area contributed by atoms with Crippen LogP contribution < -0.4 is 0 Å². The first kappa shape index (κ1) is 7.79. The van der Waals surface area contributed by atoms with Crippen LogP contribution in [0, 0.1) is 0 Å². The molecule has 0 heterocycles. The molecule has 0 aliphatic carbocycles. The number of rotatable bonds is 0. The molecule has 1 aromatic rings. The molecular weight excluding hydrogens is 209 g/mol. The van der Waals surface area contributed by atoms with Crippen LogP contribution >= 0.6 is 0 Å². The Kier molecular flexibility index (Phi) is 5.50. The predicted octanol–water partition coefficient (Wildman–Crippen LogP) is 1.31. The number of hydrogen-bond acceptors (Lipinski definition) is 0. The maximum Gasteiger partial charge on any atom is 0 e. The Labute approximate surface area is 84.0 Å². The van der Waals surface area contributed by atoms with Crippen molar-refractivity contribution in [1.29, 1.82) is 0 Å². The van der Waals surface area contributed by atoms with Crippen molar-refractivity contribution in [3.8, 4) is 0 Å². The maximum atomic E-state index is 2.00. The van der Waals surface area contributed by atoms with Gasteiger partial charge in [-0.05, 0) is 0 Å². The van der Waals surface area contributed by atoms with E-state index in [2.05, 4.69) is 0 Å². The van der Waals surface area contributed by atoms with Crippen LogP contribution in [0.5, 0.6) is 0 Å². The maximum absolute atomic E-state index is 2.00. The molecule has 0 aliphatic rings. The average Bonchev–Trinajstić information content (AvgIpc) is 1.72. The second kappa shape index (κ2) is 4.94. The topological polar surface area (TPSA) is 0 Å². The van der Waals surface area contributed by atoms with Gasteiger partial charge >= 0.3 is 0 Å². The molecule has 0 nitrogen and oxygen atoms in total. The molecule has 0 aliphatic heterocycles. The van der Waals surface area contributed by atoms with Gasteiger partial charge in [-0.1, -0.05) is 36.4 Å². The molecule has 0 amide bonds. The van der Waals surface area contributed by atoms with Gasteiger partial charge < -0.3 is 0 Å². The monoisotopic (exact) mass is 216 g/mol. The number of hydrogen-bond donors (Lipinski definition) is 0. The minimum atomic E-state index is 0. The molecule has 1 aromatic carbocycles. The average molecular weight is 215 g/mol. The molecule has 0 saturated heterocycles. The van der Waals surface area contributed by atoms with Gasteiger partial charge in [0.25, 0.3) is 0 Å². The Hall–Kier alpha value is 0.791. The summed E-state index contributed by atoms with van der Waals surface area (Å²) in [4.78, 5) is 0. The van der Waals surface area contributed by atoms with E-state index < -0.39 is 0 Å². The van der Waals surface area contributed by atoms with E-state index in [1.54, 1.807) is 0 Å². The van der Waals surface area contributed by atoms with E-state index in [4.69, 9.17) is 0 Å². The fourth-order valence-electron chi connectivity index (χ4n) is 0.385. The zero-order valence-corrected chi connectivity index (χ0v) is 8.61. The summed E-state index contributed by atoms with van der Waals surface area (Å²) < 4.78 is 0. The third kappa shape index (κ3) is 3.38. The Morgan fingerprint density at radius 1 is 0.429 bits per heavy atom. The Morgan fingerprint density at radius 3 is 0.714 bits per heavy atom. The minimum Gasteiger partial charge on any atom is -0.0623 e. The van der Waals surface area contributed by atoms with Crippen LogP contribution in [0.15, 0.2) is 36.4 Å². The van der Waals surface area contributed by atoms with Crippen LogP contribution in [-0.4, -0.2) is 48.9 Å². The fourth-order valence-corrected chi connectivity index (χ4v) is 0.385. The third-order valence-electron chi connectivity index (χ3n) is 0.667. The van der Waals surface area contributed by atoms with Gasteiger partial charge in [-0.25, -0.2) is 0 Å². The summed E-state index contributed by atoms with van der Waals surface area (Å²) in [5.74, 6) is 0. The van der Waals surface area contributed by atoms with Gasteiger partial charge in [0.1, 0.15) is 0 Å². The summed E-state index contributed by atoms with van der Waals surface area (Å²) in [6.45, 7) is 0. The van der Waals surface area contributed by atoms with Crippen molar-refractivity contribution < 1.29 is 0 Å². The summed E-state index contributed by atoms with van der Waals surface area (Å²) >= 11 is 0. The van der Waals surface area contributed by atoms with Crippen LogP contribution in [0.4, 0.5) is 0 Å². The van der Waals surface area contributed by atoms with E-state index in [-0.39, 0.29) is 48.9 Å². The van der Waals surface area contributed by atoms with Gasteiger partial charge in [-0.3, -0.25) is 0 Å². The summed E-state index contributed by atoms with van der Waals surface area (Å²) in [5, 5.41) is 0. The zero-order valence-electron chi connectivity index (χ0n) is 4.17. The van der Waals surface area contributed by atoms with Gasteiger partial charge in [0.05, 0.1) is 0 Å². The largest absolute Gasteiger partial charge is 0.0623 e. The third-order valence-corrected chi connectivity index (χ3v) is 0.667. The summed E-state index contributed by atoms with van der Waals surface area (Å²) in [6, 6.07) is 12.0. The molecule has 2 radical (unpaired) electrons. The van der Waals surface area contributed by atoms with Crippen molar-refractivity contribution in [1.82, 2.24) is 0 Å². The molecule has 32 valence electrons. The first-order valence-corrected chi connectivity index (χ1v) is 2.00. The fraction of sp³-hybridized carbons (Fsp3) is 0. The van der Waals surface area contributed by atoms with Crippen molar-refractivity contribution in [3.05, 3.63) is 36.4 Å². The van der Waals surface area contributed by atoms with E-state index in [0.29, 0.717) is 0 Å². The first-order chi connectivity index (χ1) is 3.00. The van der Waals surface area contributed by atoms with E-state index >= 15 is 0 Å². The van der Waals surface area contributed by atoms with Crippen molar-refractivity contribution in [3.63, 3.8) is 0 Å². The van der Waals surface area contributed by atoms with Crippen molar-refractivity contribution in [2.24, 2.45) is 0 Å². The molecule has 0 N–H and O–H groups in total. The molecule has 0 fully saturated rings. The van der Waals surface area contributed by atoms with Gasteiger partial charge in [0.15, 0.2) is 0 Å². The smallest absolute Gasteiger partial charge is 0 e. The molecule has 0 aromatic heterocycles. The van der Waals surface area contributed by atoms with Crippen LogP contribution in [0.3, 0.4) is 0 Å². The van der Waals surface area contributed by atoms with E-state index in [9.17, 15) is 0 Å². The minimum absolute atomic E-state index is 0. The van der Waals surface area contributed by atoms with Crippen LogP contribution in [0.2, 0.25) is 0 Å². The summed E-state index contributed by atoms with van der Waals surface area (Å²) in [7, 11) is 0. The van der Waals surface area contributed by atoms with Crippen molar-refractivity contribution >= 4 is 48.9 Å². The Bertz CT molecular complexity index is 76.1. The molecule has 0 spiro atoms.